The van der Waals surface area contributed by atoms with Gasteiger partial charge >= 0.3 is 0 Å². The van der Waals surface area contributed by atoms with Gasteiger partial charge in [0.05, 0.1) is 28.4 Å². The summed E-state index contributed by atoms with van der Waals surface area (Å²) in [6.07, 6.45) is 0.184. The number of anilines is 2. The molecule has 3 aromatic rings. The van der Waals surface area contributed by atoms with Gasteiger partial charge in [-0.25, -0.2) is 4.98 Å². The lowest BCUT2D eigenvalue weighted by atomic mass is 10.1. The standard InChI is InChI=1S/C17H13N3O2S2/c21-15-9-20(13-5-2-1-4-12(13)19-15)16(22)8-11-10-24-17(18-11)14-6-3-7-23-14/h1-7,10H,8-9H2,(H,19,21). The van der Waals surface area contributed by atoms with Crippen molar-refractivity contribution in [3.8, 4) is 9.88 Å². The van der Waals surface area contributed by atoms with E-state index in [1.807, 2.05) is 41.1 Å². The molecule has 1 aliphatic heterocycles. The zero-order valence-corrected chi connectivity index (χ0v) is 14.2. The Hall–Kier alpha value is -2.51. The van der Waals surface area contributed by atoms with Gasteiger partial charge in [0.2, 0.25) is 11.8 Å². The van der Waals surface area contributed by atoms with Crippen molar-refractivity contribution < 1.29 is 9.59 Å². The van der Waals surface area contributed by atoms with Gasteiger partial charge in [0, 0.05) is 5.38 Å². The van der Waals surface area contributed by atoms with E-state index in [-0.39, 0.29) is 24.8 Å². The quantitative estimate of drug-likeness (QED) is 0.783. The maximum atomic E-state index is 12.7. The highest BCUT2D eigenvalue weighted by molar-refractivity contribution is 7.20. The Balaban J connectivity index is 1.56. The molecule has 120 valence electrons. The van der Waals surface area contributed by atoms with Crippen molar-refractivity contribution in [1.82, 2.24) is 4.98 Å². The summed E-state index contributed by atoms with van der Waals surface area (Å²) < 4.78 is 0. The largest absolute Gasteiger partial charge is 0.323 e. The fraction of sp³-hybridized carbons (Fsp3) is 0.118. The van der Waals surface area contributed by atoms with Crippen LogP contribution in [0.1, 0.15) is 5.69 Å². The molecule has 1 aliphatic rings. The summed E-state index contributed by atoms with van der Waals surface area (Å²) in [5, 5.41) is 7.62. The van der Waals surface area contributed by atoms with Crippen LogP contribution >= 0.6 is 22.7 Å². The van der Waals surface area contributed by atoms with Gasteiger partial charge in [0.1, 0.15) is 11.6 Å². The predicted octanol–water partition coefficient (Wildman–Crippen LogP) is 3.40. The van der Waals surface area contributed by atoms with Crippen LogP contribution in [-0.2, 0) is 16.0 Å². The summed E-state index contributed by atoms with van der Waals surface area (Å²) in [5.74, 6) is -0.306. The van der Waals surface area contributed by atoms with E-state index in [1.54, 1.807) is 17.4 Å². The maximum Gasteiger partial charge on any atom is 0.244 e. The third kappa shape index (κ3) is 2.83. The number of carbonyl (C=O) groups excluding carboxylic acids is 2. The minimum atomic E-state index is -0.181. The van der Waals surface area contributed by atoms with E-state index in [0.717, 1.165) is 21.3 Å². The Bertz CT molecular complexity index is 902. The van der Waals surface area contributed by atoms with Gasteiger partial charge in [-0.15, -0.1) is 22.7 Å². The van der Waals surface area contributed by atoms with Crippen molar-refractivity contribution in [2.24, 2.45) is 0 Å². The smallest absolute Gasteiger partial charge is 0.244 e. The van der Waals surface area contributed by atoms with E-state index in [1.165, 1.54) is 16.2 Å². The van der Waals surface area contributed by atoms with E-state index < -0.39 is 0 Å². The van der Waals surface area contributed by atoms with E-state index in [2.05, 4.69) is 10.3 Å². The molecule has 0 radical (unpaired) electrons. The van der Waals surface area contributed by atoms with Crippen molar-refractivity contribution in [1.29, 1.82) is 0 Å². The van der Waals surface area contributed by atoms with E-state index in [0.29, 0.717) is 5.69 Å². The zero-order valence-electron chi connectivity index (χ0n) is 12.6. The first kappa shape index (κ1) is 15.0. The van der Waals surface area contributed by atoms with Crippen LogP contribution < -0.4 is 10.2 Å². The Kier molecular flexibility index (Phi) is 3.87. The molecule has 1 aromatic carbocycles. The highest BCUT2D eigenvalue weighted by Crippen LogP contribution is 2.31. The van der Waals surface area contributed by atoms with Crippen molar-refractivity contribution in [2.75, 3.05) is 16.8 Å². The number of carbonyl (C=O) groups is 2. The second-order valence-electron chi connectivity index (χ2n) is 5.34. The van der Waals surface area contributed by atoms with Gasteiger partial charge < -0.3 is 10.2 Å². The number of thiophene rings is 1. The lowest BCUT2D eigenvalue weighted by Crippen LogP contribution is -2.42. The van der Waals surface area contributed by atoms with E-state index in [9.17, 15) is 9.59 Å². The number of benzene rings is 1. The van der Waals surface area contributed by atoms with Crippen LogP contribution in [-0.4, -0.2) is 23.3 Å². The number of fused-ring (bicyclic) bond motifs is 1. The van der Waals surface area contributed by atoms with Crippen LogP contribution in [0.3, 0.4) is 0 Å². The average Bonchev–Trinajstić information content (AvgIpc) is 3.25. The molecule has 0 atom stereocenters. The maximum absolute atomic E-state index is 12.7. The zero-order chi connectivity index (χ0) is 16.5. The minimum absolute atomic E-state index is 0.0394. The minimum Gasteiger partial charge on any atom is -0.323 e. The molecule has 0 fully saturated rings. The number of nitrogens with one attached hydrogen (secondary N) is 1. The van der Waals surface area contributed by atoms with Crippen LogP contribution in [0.25, 0.3) is 9.88 Å². The lowest BCUT2D eigenvalue weighted by molar-refractivity contribution is -0.121. The summed E-state index contributed by atoms with van der Waals surface area (Å²) in [5.41, 5.74) is 2.13. The number of hydrogen-bond donors (Lipinski definition) is 1. The summed E-state index contributed by atoms with van der Waals surface area (Å²) in [4.78, 5) is 31.7. The van der Waals surface area contributed by atoms with Gasteiger partial charge in [-0.3, -0.25) is 9.59 Å². The summed E-state index contributed by atoms with van der Waals surface area (Å²) in [7, 11) is 0. The number of nitrogens with zero attached hydrogens (tertiary/aromatic N) is 2. The molecule has 0 unspecified atom stereocenters. The van der Waals surface area contributed by atoms with Crippen LogP contribution in [0.15, 0.2) is 47.2 Å². The second-order valence-corrected chi connectivity index (χ2v) is 7.15. The van der Waals surface area contributed by atoms with Crippen molar-refractivity contribution in [3.05, 3.63) is 52.9 Å². The number of aromatic nitrogens is 1. The molecule has 2 amide bonds. The molecule has 1 N–H and O–H groups in total. The molecule has 3 heterocycles. The van der Waals surface area contributed by atoms with E-state index >= 15 is 0 Å². The van der Waals surface area contributed by atoms with Gasteiger partial charge in [-0.1, -0.05) is 18.2 Å². The number of rotatable bonds is 3. The van der Waals surface area contributed by atoms with Gasteiger partial charge in [0.15, 0.2) is 0 Å². The molecule has 24 heavy (non-hydrogen) atoms. The third-order valence-electron chi connectivity index (χ3n) is 3.69. The van der Waals surface area contributed by atoms with Crippen molar-refractivity contribution in [2.45, 2.75) is 6.42 Å². The SMILES string of the molecule is O=C1CN(C(=O)Cc2csc(-c3cccs3)n2)c2ccccc2N1. The number of hydrogen-bond acceptors (Lipinski definition) is 5. The molecule has 5 nitrogen and oxygen atoms in total. The Morgan fingerprint density at radius 3 is 2.92 bits per heavy atom. The Morgan fingerprint density at radius 1 is 1.21 bits per heavy atom. The lowest BCUT2D eigenvalue weighted by Gasteiger charge is -2.29. The van der Waals surface area contributed by atoms with Crippen LogP contribution in [0.4, 0.5) is 11.4 Å². The van der Waals surface area contributed by atoms with Gasteiger partial charge in [-0.05, 0) is 23.6 Å². The van der Waals surface area contributed by atoms with Crippen molar-refractivity contribution in [3.63, 3.8) is 0 Å². The third-order valence-corrected chi connectivity index (χ3v) is 5.62. The first-order valence-corrected chi connectivity index (χ1v) is 9.14. The Morgan fingerprint density at radius 2 is 2.08 bits per heavy atom. The number of para-hydroxylation sites is 2. The molecular formula is C17H13N3O2S2. The van der Waals surface area contributed by atoms with Crippen LogP contribution in [0.5, 0.6) is 0 Å². The monoisotopic (exact) mass is 355 g/mol. The molecular weight excluding hydrogens is 342 g/mol. The molecule has 7 heteroatoms. The van der Waals surface area contributed by atoms with Crippen molar-refractivity contribution >= 4 is 45.9 Å². The molecule has 0 saturated carbocycles. The topological polar surface area (TPSA) is 62.3 Å². The molecule has 0 saturated heterocycles. The molecule has 0 bridgehead atoms. The molecule has 2 aromatic heterocycles. The molecule has 0 spiro atoms. The number of amides is 2. The van der Waals surface area contributed by atoms with Crippen LogP contribution in [0, 0.1) is 0 Å². The first-order chi connectivity index (χ1) is 11.7. The van der Waals surface area contributed by atoms with E-state index in [4.69, 9.17) is 0 Å². The fourth-order valence-electron chi connectivity index (χ4n) is 2.61. The van der Waals surface area contributed by atoms with Gasteiger partial charge in [0.25, 0.3) is 0 Å². The summed E-state index contributed by atoms with van der Waals surface area (Å²) in [6, 6.07) is 11.3. The molecule has 4 rings (SSSR count). The highest BCUT2D eigenvalue weighted by atomic mass is 32.1. The van der Waals surface area contributed by atoms with Gasteiger partial charge in [-0.2, -0.15) is 0 Å². The predicted molar refractivity (Wildman–Crippen MR) is 96.6 cm³/mol. The van der Waals surface area contributed by atoms with Crippen LogP contribution in [0.2, 0.25) is 0 Å². The highest BCUT2D eigenvalue weighted by Gasteiger charge is 2.27. The first-order valence-electron chi connectivity index (χ1n) is 7.38. The molecule has 0 aliphatic carbocycles. The summed E-state index contributed by atoms with van der Waals surface area (Å²) in [6.45, 7) is 0.0394. The number of thiazole rings is 1. The Labute approximate surface area is 146 Å². The normalized spacial score (nSPS) is 13.5. The fourth-order valence-corrected chi connectivity index (χ4v) is 4.24. The second kappa shape index (κ2) is 6.18. The average molecular weight is 355 g/mol. The summed E-state index contributed by atoms with van der Waals surface area (Å²) >= 11 is 3.16.